The van der Waals surface area contributed by atoms with Crippen LogP contribution < -0.4 is 10.6 Å². The zero-order valence-electron chi connectivity index (χ0n) is 17.3. The molecule has 0 unspecified atom stereocenters. The second-order valence-electron chi connectivity index (χ2n) is 7.58. The molecule has 2 aromatic rings. The molecule has 0 aromatic heterocycles. The van der Waals surface area contributed by atoms with Crippen molar-refractivity contribution in [3.8, 4) is 0 Å². The Kier molecular flexibility index (Phi) is 7.40. The Morgan fingerprint density at radius 2 is 1.68 bits per heavy atom. The number of nitrogens with zero attached hydrogens (tertiary/aromatic N) is 1. The predicted octanol–water partition coefficient (Wildman–Crippen LogP) is 1.84. The summed E-state index contributed by atoms with van der Waals surface area (Å²) in [5.41, 5.74) is 0.721. The second-order valence-corrected chi connectivity index (χ2v) is 9.52. The fourth-order valence-electron chi connectivity index (χ4n) is 3.59. The van der Waals surface area contributed by atoms with Gasteiger partial charge < -0.3 is 10.6 Å². The van der Waals surface area contributed by atoms with E-state index in [1.165, 1.54) is 23.4 Å². The monoisotopic (exact) mass is 447 g/mol. The van der Waals surface area contributed by atoms with E-state index in [-0.39, 0.29) is 35.0 Å². The number of amides is 2. The van der Waals surface area contributed by atoms with Crippen LogP contribution >= 0.6 is 0 Å². The number of piperidine rings is 1. The molecule has 2 N–H and O–H groups in total. The first-order valence-electron chi connectivity index (χ1n) is 10.1. The molecular weight excluding hydrogens is 421 g/mol. The minimum Gasteiger partial charge on any atom is -0.351 e. The topological polar surface area (TPSA) is 95.6 Å². The molecule has 1 aliphatic heterocycles. The first-order valence-corrected chi connectivity index (χ1v) is 11.6. The van der Waals surface area contributed by atoms with Crippen LogP contribution in [0.3, 0.4) is 0 Å². The molecule has 31 heavy (non-hydrogen) atoms. The zero-order valence-corrected chi connectivity index (χ0v) is 18.1. The van der Waals surface area contributed by atoms with E-state index in [1.807, 2.05) is 0 Å². The maximum Gasteiger partial charge on any atom is 0.243 e. The lowest BCUT2D eigenvalue weighted by molar-refractivity contribution is -0.128. The third-order valence-corrected chi connectivity index (χ3v) is 7.14. The highest BCUT2D eigenvalue weighted by Crippen LogP contribution is 2.20. The molecule has 0 saturated carbocycles. The maximum absolute atomic E-state index is 13.1. The van der Waals surface area contributed by atoms with Crippen molar-refractivity contribution in [1.82, 2.24) is 14.9 Å². The Hall–Kier alpha value is -2.78. The van der Waals surface area contributed by atoms with Crippen LogP contribution in [0.1, 0.15) is 25.3 Å². The standard InChI is InChI=1S/C22H26FN3O4S/c1-16(27)24-21(15-17-7-9-18(23)10-8-17)22(28)25-19-11-13-26(14-12-19)31(29,30)20-5-3-2-4-6-20/h2-10,19,21H,11-15H2,1H3,(H,24,27)(H,25,28)/t21-/m0/s1. The smallest absolute Gasteiger partial charge is 0.243 e. The molecule has 7 nitrogen and oxygen atoms in total. The molecule has 1 saturated heterocycles. The summed E-state index contributed by atoms with van der Waals surface area (Å²) in [6.07, 6.45) is 1.18. The van der Waals surface area contributed by atoms with Gasteiger partial charge in [-0.15, -0.1) is 0 Å². The van der Waals surface area contributed by atoms with Crippen molar-refractivity contribution in [2.75, 3.05) is 13.1 Å². The van der Waals surface area contributed by atoms with Crippen LogP contribution in [0.4, 0.5) is 4.39 Å². The quantitative estimate of drug-likeness (QED) is 0.677. The largest absolute Gasteiger partial charge is 0.351 e. The SMILES string of the molecule is CC(=O)N[C@@H](Cc1ccc(F)cc1)C(=O)NC1CCN(S(=O)(=O)c2ccccc2)CC1. The molecular formula is C22H26FN3O4S. The molecule has 1 aliphatic rings. The lowest BCUT2D eigenvalue weighted by Crippen LogP contribution is -2.53. The van der Waals surface area contributed by atoms with Gasteiger partial charge in [0.25, 0.3) is 0 Å². The number of sulfonamides is 1. The van der Waals surface area contributed by atoms with Crippen molar-refractivity contribution in [3.05, 3.63) is 66.0 Å². The van der Waals surface area contributed by atoms with Gasteiger partial charge in [-0.3, -0.25) is 9.59 Å². The van der Waals surface area contributed by atoms with Crippen LogP contribution in [-0.4, -0.2) is 49.7 Å². The maximum atomic E-state index is 13.1. The Balaban J connectivity index is 1.59. The summed E-state index contributed by atoms with van der Waals surface area (Å²) in [4.78, 5) is 24.6. The second kappa shape index (κ2) is 10.0. The van der Waals surface area contributed by atoms with Crippen molar-refractivity contribution in [2.24, 2.45) is 0 Å². The summed E-state index contributed by atoms with van der Waals surface area (Å²) >= 11 is 0. The fraction of sp³-hybridized carbons (Fsp3) is 0.364. The van der Waals surface area contributed by atoms with E-state index in [0.717, 1.165) is 5.56 Å². The van der Waals surface area contributed by atoms with Gasteiger partial charge in [0.15, 0.2) is 0 Å². The fourth-order valence-corrected chi connectivity index (χ4v) is 5.09. The van der Waals surface area contributed by atoms with Gasteiger partial charge in [-0.2, -0.15) is 4.31 Å². The molecule has 0 aliphatic carbocycles. The van der Waals surface area contributed by atoms with E-state index >= 15 is 0 Å². The van der Waals surface area contributed by atoms with Crippen molar-refractivity contribution in [1.29, 1.82) is 0 Å². The van der Waals surface area contributed by atoms with Gasteiger partial charge in [0.1, 0.15) is 11.9 Å². The van der Waals surface area contributed by atoms with Crippen LogP contribution in [0.15, 0.2) is 59.5 Å². The summed E-state index contributed by atoms with van der Waals surface area (Å²) in [7, 11) is -3.56. The Morgan fingerprint density at radius 3 is 2.26 bits per heavy atom. The Morgan fingerprint density at radius 1 is 1.06 bits per heavy atom. The normalized spacial score (nSPS) is 16.5. The van der Waals surface area contributed by atoms with Gasteiger partial charge in [0.2, 0.25) is 21.8 Å². The number of halogens is 1. The highest BCUT2D eigenvalue weighted by Gasteiger charge is 2.31. The van der Waals surface area contributed by atoms with Gasteiger partial charge in [0.05, 0.1) is 4.90 Å². The molecule has 2 amide bonds. The zero-order chi connectivity index (χ0) is 22.4. The molecule has 2 aromatic carbocycles. The van der Waals surface area contributed by atoms with Crippen molar-refractivity contribution >= 4 is 21.8 Å². The predicted molar refractivity (Wildman–Crippen MR) is 114 cm³/mol. The molecule has 1 fully saturated rings. The average Bonchev–Trinajstić information content (AvgIpc) is 2.75. The minimum absolute atomic E-state index is 0.195. The summed E-state index contributed by atoms with van der Waals surface area (Å²) in [5, 5.41) is 5.55. The van der Waals surface area contributed by atoms with E-state index in [9.17, 15) is 22.4 Å². The number of carbonyl (C=O) groups is 2. The summed E-state index contributed by atoms with van der Waals surface area (Å²) in [5.74, 6) is -1.06. The third kappa shape index (κ3) is 6.11. The highest BCUT2D eigenvalue weighted by atomic mass is 32.2. The molecule has 9 heteroatoms. The number of rotatable bonds is 7. The van der Waals surface area contributed by atoms with Gasteiger partial charge in [-0.1, -0.05) is 30.3 Å². The minimum atomic E-state index is -3.56. The van der Waals surface area contributed by atoms with Gasteiger partial charge >= 0.3 is 0 Å². The third-order valence-electron chi connectivity index (χ3n) is 5.23. The highest BCUT2D eigenvalue weighted by molar-refractivity contribution is 7.89. The molecule has 0 spiro atoms. The lowest BCUT2D eigenvalue weighted by atomic mass is 10.0. The van der Waals surface area contributed by atoms with Crippen molar-refractivity contribution in [3.63, 3.8) is 0 Å². The Bertz CT molecular complexity index is 1000. The summed E-state index contributed by atoms with van der Waals surface area (Å²) < 4.78 is 40.0. The number of nitrogens with one attached hydrogen (secondary N) is 2. The van der Waals surface area contributed by atoms with E-state index in [1.54, 1.807) is 42.5 Å². The molecule has 0 bridgehead atoms. The van der Waals surface area contributed by atoms with Crippen molar-refractivity contribution in [2.45, 2.75) is 43.2 Å². The van der Waals surface area contributed by atoms with Gasteiger partial charge in [-0.05, 0) is 42.7 Å². The van der Waals surface area contributed by atoms with Crippen LogP contribution in [0.5, 0.6) is 0 Å². The van der Waals surface area contributed by atoms with Crippen LogP contribution in [-0.2, 0) is 26.0 Å². The van der Waals surface area contributed by atoms with Crippen LogP contribution in [0, 0.1) is 5.82 Å². The van der Waals surface area contributed by atoms with E-state index in [0.29, 0.717) is 25.9 Å². The Labute approximate surface area is 181 Å². The number of hydrogen-bond donors (Lipinski definition) is 2. The van der Waals surface area contributed by atoms with Gasteiger partial charge in [0, 0.05) is 32.5 Å². The van der Waals surface area contributed by atoms with Gasteiger partial charge in [-0.25, -0.2) is 12.8 Å². The lowest BCUT2D eigenvalue weighted by Gasteiger charge is -2.32. The molecule has 166 valence electrons. The number of hydrogen-bond acceptors (Lipinski definition) is 4. The molecule has 1 atom stereocenters. The van der Waals surface area contributed by atoms with Crippen LogP contribution in [0.25, 0.3) is 0 Å². The first-order chi connectivity index (χ1) is 14.8. The molecule has 0 radical (unpaired) electrons. The number of benzene rings is 2. The first kappa shape index (κ1) is 22.9. The molecule has 1 heterocycles. The van der Waals surface area contributed by atoms with E-state index in [4.69, 9.17) is 0 Å². The number of carbonyl (C=O) groups excluding carboxylic acids is 2. The van der Waals surface area contributed by atoms with Crippen molar-refractivity contribution < 1.29 is 22.4 Å². The van der Waals surface area contributed by atoms with E-state index in [2.05, 4.69) is 10.6 Å². The average molecular weight is 448 g/mol. The molecule has 3 rings (SSSR count). The summed E-state index contributed by atoms with van der Waals surface area (Å²) in [6, 6.07) is 13.0. The van der Waals surface area contributed by atoms with E-state index < -0.39 is 16.1 Å². The summed E-state index contributed by atoms with van der Waals surface area (Å²) in [6.45, 7) is 1.92. The van der Waals surface area contributed by atoms with Crippen LogP contribution in [0.2, 0.25) is 0 Å².